The molecule has 0 bridgehead atoms. The van der Waals surface area contributed by atoms with E-state index in [2.05, 4.69) is 18.3 Å². The number of nitrogens with one attached hydrogen (secondary N) is 1. The second kappa shape index (κ2) is 6.71. The van der Waals surface area contributed by atoms with Gasteiger partial charge in [-0.2, -0.15) is 0 Å². The van der Waals surface area contributed by atoms with E-state index in [-0.39, 0.29) is 5.97 Å². The van der Waals surface area contributed by atoms with E-state index in [1.165, 1.54) is 31.1 Å². The first-order valence-electron chi connectivity index (χ1n) is 7.18. The van der Waals surface area contributed by atoms with Crippen molar-refractivity contribution in [3.8, 4) is 0 Å². The average Bonchev–Trinajstić information content (AvgIpc) is 2.46. The van der Waals surface area contributed by atoms with E-state index in [0.717, 1.165) is 31.4 Å². The molecule has 0 spiro atoms. The summed E-state index contributed by atoms with van der Waals surface area (Å²) in [6.07, 6.45) is 5.56. The van der Waals surface area contributed by atoms with Crippen LogP contribution in [-0.4, -0.2) is 25.7 Å². The van der Waals surface area contributed by atoms with Crippen molar-refractivity contribution in [2.75, 3.05) is 13.7 Å². The van der Waals surface area contributed by atoms with Crippen molar-refractivity contribution < 1.29 is 9.53 Å². The van der Waals surface area contributed by atoms with E-state index in [9.17, 15) is 4.79 Å². The third kappa shape index (κ3) is 3.35. The van der Waals surface area contributed by atoms with Gasteiger partial charge in [0.1, 0.15) is 0 Å². The fourth-order valence-corrected chi connectivity index (χ4v) is 2.75. The zero-order valence-electron chi connectivity index (χ0n) is 11.9. The number of esters is 1. The summed E-state index contributed by atoms with van der Waals surface area (Å²) < 4.78 is 4.88. The molecule has 19 heavy (non-hydrogen) atoms. The van der Waals surface area contributed by atoms with Crippen LogP contribution in [0.25, 0.3) is 0 Å². The van der Waals surface area contributed by atoms with Crippen LogP contribution in [0.15, 0.2) is 18.2 Å². The second-order valence-corrected chi connectivity index (χ2v) is 5.18. The molecule has 0 radical (unpaired) electrons. The Hall–Kier alpha value is -1.35. The minimum absolute atomic E-state index is 0.217. The molecule has 1 atom stereocenters. The Kier molecular flexibility index (Phi) is 4.97. The van der Waals surface area contributed by atoms with Gasteiger partial charge in [0.15, 0.2) is 0 Å². The lowest BCUT2D eigenvalue weighted by Gasteiger charge is -2.27. The third-order valence-corrected chi connectivity index (χ3v) is 3.85. The quantitative estimate of drug-likeness (QED) is 0.654. The maximum Gasteiger partial charge on any atom is 0.338 e. The van der Waals surface area contributed by atoms with Crippen molar-refractivity contribution in [2.24, 2.45) is 0 Å². The summed E-state index contributed by atoms with van der Waals surface area (Å²) in [7, 11) is 1.45. The molecule has 104 valence electrons. The van der Waals surface area contributed by atoms with Gasteiger partial charge in [-0.1, -0.05) is 25.5 Å². The standard InChI is InChI=1S/C16H23NO2/c1-3-4-10-17-13-9-8-12-6-5-7-14(15(12)11-13)16(18)19-2/h5-7,13,17H,3-4,8-11H2,1-2H3. The highest BCUT2D eigenvalue weighted by atomic mass is 16.5. The van der Waals surface area contributed by atoms with Crippen LogP contribution in [-0.2, 0) is 17.6 Å². The molecular weight excluding hydrogens is 238 g/mol. The Morgan fingerprint density at radius 3 is 3.05 bits per heavy atom. The van der Waals surface area contributed by atoms with Crippen LogP contribution in [0.3, 0.4) is 0 Å². The number of unbranched alkanes of at least 4 members (excludes halogenated alkanes) is 1. The maximum atomic E-state index is 11.8. The van der Waals surface area contributed by atoms with Gasteiger partial charge in [-0.25, -0.2) is 4.79 Å². The van der Waals surface area contributed by atoms with Crippen LogP contribution in [0, 0.1) is 0 Å². The molecule has 1 aromatic rings. The van der Waals surface area contributed by atoms with Crippen molar-refractivity contribution in [1.82, 2.24) is 5.32 Å². The second-order valence-electron chi connectivity index (χ2n) is 5.18. The molecule has 1 aromatic carbocycles. The fourth-order valence-electron chi connectivity index (χ4n) is 2.75. The topological polar surface area (TPSA) is 38.3 Å². The molecule has 0 saturated carbocycles. The highest BCUT2D eigenvalue weighted by Gasteiger charge is 2.23. The number of hydrogen-bond acceptors (Lipinski definition) is 3. The van der Waals surface area contributed by atoms with Crippen molar-refractivity contribution in [3.05, 3.63) is 34.9 Å². The summed E-state index contributed by atoms with van der Waals surface area (Å²) in [5.41, 5.74) is 3.22. The Morgan fingerprint density at radius 2 is 2.32 bits per heavy atom. The number of ether oxygens (including phenoxy) is 1. The minimum atomic E-state index is -0.217. The molecule has 0 heterocycles. The molecule has 0 aromatic heterocycles. The lowest BCUT2D eigenvalue weighted by Crippen LogP contribution is -2.35. The van der Waals surface area contributed by atoms with Crippen LogP contribution in [0.4, 0.5) is 0 Å². The molecule has 0 fully saturated rings. The van der Waals surface area contributed by atoms with E-state index < -0.39 is 0 Å². The Labute approximate surface area is 115 Å². The van der Waals surface area contributed by atoms with Crippen LogP contribution >= 0.6 is 0 Å². The molecule has 1 unspecified atom stereocenters. The SMILES string of the molecule is CCCCNC1CCc2cccc(C(=O)OC)c2C1. The monoisotopic (exact) mass is 261 g/mol. The van der Waals surface area contributed by atoms with Gasteiger partial charge >= 0.3 is 5.97 Å². The van der Waals surface area contributed by atoms with Crippen molar-refractivity contribution in [3.63, 3.8) is 0 Å². The minimum Gasteiger partial charge on any atom is -0.465 e. The fraction of sp³-hybridized carbons (Fsp3) is 0.562. The predicted octanol–water partition coefficient (Wildman–Crippen LogP) is 2.72. The van der Waals surface area contributed by atoms with Gasteiger partial charge in [-0.05, 0) is 49.4 Å². The first kappa shape index (κ1) is 14.1. The highest BCUT2D eigenvalue weighted by molar-refractivity contribution is 5.91. The van der Waals surface area contributed by atoms with E-state index >= 15 is 0 Å². The molecule has 0 amide bonds. The van der Waals surface area contributed by atoms with Gasteiger partial charge in [0.25, 0.3) is 0 Å². The Morgan fingerprint density at radius 1 is 1.47 bits per heavy atom. The summed E-state index contributed by atoms with van der Waals surface area (Å²) in [6, 6.07) is 6.45. The summed E-state index contributed by atoms with van der Waals surface area (Å²) in [4.78, 5) is 11.8. The number of hydrogen-bond donors (Lipinski definition) is 1. The van der Waals surface area contributed by atoms with Gasteiger partial charge in [0.05, 0.1) is 12.7 Å². The zero-order valence-corrected chi connectivity index (χ0v) is 11.9. The van der Waals surface area contributed by atoms with E-state index in [4.69, 9.17) is 4.74 Å². The molecule has 0 aliphatic heterocycles. The number of carbonyl (C=O) groups excluding carboxylic acids is 1. The van der Waals surface area contributed by atoms with Crippen molar-refractivity contribution >= 4 is 5.97 Å². The number of rotatable bonds is 5. The number of carbonyl (C=O) groups is 1. The molecular formula is C16H23NO2. The van der Waals surface area contributed by atoms with Gasteiger partial charge in [0, 0.05) is 6.04 Å². The van der Waals surface area contributed by atoms with Crippen LogP contribution in [0.2, 0.25) is 0 Å². The molecule has 2 rings (SSSR count). The molecule has 3 nitrogen and oxygen atoms in total. The zero-order chi connectivity index (χ0) is 13.7. The predicted molar refractivity (Wildman–Crippen MR) is 76.5 cm³/mol. The number of aryl methyl sites for hydroxylation is 1. The summed E-state index contributed by atoms with van der Waals surface area (Å²) in [6.45, 7) is 3.27. The number of methoxy groups -OCH3 is 1. The summed E-state index contributed by atoms with van der Waals surface area (Å²) in [5.74, 6) is -0.217. The van der Waals surface area contributed by atoms with Crippen LogP contribution in [0.1, 0.15) is 47.7 Å². The Balaban J connectivity index is 2.11. The first-order valence-corrected chi connectivity index (χ1v) is 7.18. The van der Waals surface area contributed by atoms with Crippen LogP contribution < -0.4 is 5.32 Å². The van der Waals surface area contributed by atoms with E-state index in [1.54, 1.807) is 0 Å². The van der Waals surface area contributed by atoms with Crippen LogP contribution in [0.5, 0.6) is 0 Å². The largest absolute Gasteiger partial charge is 0.465 e. The lowest BCUT2D eigenvalue weighted by atomic mass is 9.85. The molecule has 3 heteroatoms. The smallest absolute Gasteiger partial charge is 0.338 e. The molecule has 1 aliphatic rings. The summed E-state index contributed by atoms with van der Waals surface area (Å²) >= 11 is 0. The van der Waals surface area contributed by atoms with Gasteiger partial charge in [0.2, 0.25) is 0 Å². The Bertz CT molecular complexity index is 442. The third-order valence-electron chi connectivity index (χ3n) is 3.85. The number of benzene rings is 1. The number of fused-ring (bicyclic) bond motifs is 1. The van der Waals surface area contributed by atoms with Crippen molar-refractivity contribution in [2.45, 2.75) is 45.1 Å². The normalized spacial score (nSPS) is 17.9. The average molecular weight is 261 g/mol. The molecule has 1 aliphatic carbocycles. The maximum absolute atomic E-state index is 11.8. The van der Waals surface area contributed by atoms with Gasteiger partial charge in [-0.3, -0.25) is 0 Å². The molecule has 0 saturated heterocycles. The van der Waals surface area contributed by atoms with E-state index in [0.29, 0.717) is 6.04 Å². The van der Waals surface area contributed by atoms with E-state index in [1.807, 2.05) is 12.1 Å². The van der Waals surface area contributed by atoms with Gasteiger partial charge in [-0.15, -0.1) is 0 Å². The molecule has 1 N–H and O–H groups in total. The van der Waals surface area contributed by atoms with Gasteiger partial charge < -0.3 is 10.1 Å². The highest BCUT2D eigenvalue weighted by Crippen LogP contribution is 2.25. The van der Waals surface area contributed by atoms with Crippen molar-refractivity contribution in [1.29, 1.82) is 0 Å². The lowest BCUT2D eigenvalue weighted by molar-refractivity contribution is 0.0599. The first-order chi connectivity index (χ1) is 9.26. The summed E-state index contributed by atoms with van der Waals surface area (Å²) in [5, 5.41) is 3.60.